The summed E-state index contributed by atoms with van der Waals surface area (Å²) in [5, 5.41) is 14.6. The van der Waals surface area contributed by atoms with Gasteiger partial charge < -0.3 is 5.11 Å². The van der Waals surface area contributed by atoms with Crippen molar-refractivity contribution >= 4 is 0 Å². The van der Waals surface area contributed by atoms with Gasteiger partial charge >= 0.3 is 0 Å². The van der Waals surface area contributed by atoms with Gasteiger partial charge in [-0.1, -0.05) is 23.8 Å². The van der Waals surface area contributed by atoms with E-state index in [4.69, 9.17) is 0 Å². The van der Waals surface area contributed by atoms with E-state index in [2.05, 4.69) is 16.1 Å². The summed E-state index contributed by atoms with van der Waals surface area (Å²) in [5.41, 5.74) is 3.27. The summed E-state index contributed by atoms with van der Waals surface area (Å²) in [4.78, 5) is 4.24. The molecule has 1 unspecified atom stereocenters. The van der Waals surface area contributed by atoms with Crippen LogP contribution in [0.25, 0.3) is 0 Å². The number of hydrogen-bond acceptors (Lipinski definition) is 3. The zero-order valence-electron chi connectivity index (χ0n) is 11.3. The maximum Gasteiger partial charge on any atom is 0.147 e. The van der Waals surface area contributed by atoms with Crippen LogP contribution in [0.5, 0.6) is 0 Å². The Morgan fingerprint density at radius 1 is 1.22 bits per heavy atom. The van der Waals surface area contributed by atoms with Crippen LogP contribution in [-0.4, -0.2) is 19.9 Å². The molecule has 0 amide bonds. The molecule has 2 rings (SSSR count). The van der Waals surface area contributed by atoms with Gasteiger partial charge in [-0.2, -0.15) is 5.10 Å². The second-order valence-corrected chi connectivity index (χ2v) is 4.76. The van der Waals surface area contributed by atoms with E-state index in [0.29, 0.717) is 6.54 Å². The van der Waals surface area contributed by atoms with Crippen LogP contribution in [0.15, 0.2) is 18.2 Å². The molecule has 0 spiro atoms. The molecule has 1 heterocycles. The molecule has 0 radical (unpaired) electrons. The Hall–Kier alpha value is -1.68. The number of hydrogen-bond donors (Lipinski definition) is 1. The first-order valence-corrected chi connectivity index (χ1v) is 6.10. The van der Waals surface area contributed by atoms with Crippen molar-refractivity contribution in [3.05, 3.63) is 46.5 Å². The minimum Gasteiger partial charge on any atom is -0.386 e. The Kier molecular flexibility index (Phi) is 3.48. The van der Waals surface area contributed by atoms with Gasteiger partial charge in [0, 0.05) is 0 Å². The average Bonchev–Trinajstić information content (AvgIpc) is 2.57. The van der Waals surface area contributed by atoms with Crippen LogP contribution in [0, 0.1) is 27.7 Å². The van der Waals surface area contributed by atoms with Gasteiger partial charge in [0.25, 0.3) is 0 Å². The molecule has 96 valence electrons. The summed E-state index contributed by atoms with van der Waals surface area (Å²) < 4.78 is 1.75. The number of aromatic nitrogens is 3. The highest BCUT2D eigenvalue weighted by molar-refractivity contribution is 5.31. The summed E-state index contributed by atoms with van der Waals surface area (Å²) >= 11 is 0. The normalized spacial score (nSPS) is 12.7. The standard InChI is InChI=1S/C14H19N3O/c1-9-5-6-13(10(2)7-9)14(18)8-17-12(4)15-11(3)16-17/h5-7,14,18H,8H2,1-4H3. The molecule has 0 aliphatic carbocycles. The molecule has 4 nitrogen and oxygen atoms in total. The predicted molar refractivity (Wildman–Crippen MR) is 70.4 cm³/mol. The van der Waals surface area contributed by atoms with E-state index < -0.39 is 6.10 Å². The summed E-state index contributed by atoms with van der Waals surface area (Å²) in [7, 11) is 0. The molecule has 0 fully saturated rings. The maximum absolute atomic E-state index is 10.3. The van der Waals surface area contributed by atoms with Crippen molar-refractivity contribution in [2.75, 3.05) is 0 Å². The highest BCUT2D eigenvalue weighted by atomic mass is 16.3. The summed E-state index contributed by atoms with van der Waals surface area (Å²) in [5.74, 6) is 1.57. The quantitative estimate of drug-likeness (QED) is 0.902. The largest absolute Gasteiger partial charge is 0.386 e. The number of rotatable bonds is 3. The zero-order valence-corrected chi connectivity index (χ0v) is 11.3. The van der Waals surface area contributed by atoms with Crippen LogP contribution in [-0.2, 0) is 6.54 Å². The molecule has 0 saturated heterocycles. The molecular weight excluding hydrogens is 226 g/mol. The smallest absolute Gasteiger partial charge is 0.147 e. The fraction of sp³-hybridized carbons (Fsp3) is 0.429. The Bertz CT molecular complexity index is 560. The Morgan fingerprint density at radius 2 is 1.94 bits per heavy atom. The van der Waals surface area contributed by atoms with Crippen molar-refractivity contribution in [2.45, 2.75) is 40.3 Å². The Labute approximate surface area is 107 Å². The lowest BCUT2D eigenvalue weighted by Crippen LogP contribution is -2.12. The van der Waals surface area contributed by atoms with Crippen molar-refractivity contribution < 1.29 is 5.11 Å². The third-order valence-electron chi connectivity index (χ3n) is 3.09. The van der Waals surface area contributed by atoms with Crippen molar-refractivity contribution in [1.29, 1.82) is 0 Å². The second-order valence-electron chi connectivity index (χ2n) is 4.76. The monoisotopic (exact) mass is 245 g/mol. The molecule has 1 aromatic heterocycles. The first kappa shape index (κ1) is 12.8. The highest BCUT2D eigenvalue weighted by Gasteiger charge is 2.13. The molecule has 0 bridgehead atoms. The third kappa shape index (κ3) is 2.59. The van der Waals surface area contributed by atoms with Crippen LogP contribution in [0.1, 0.15) is 34.4 Å². The summed E-state index contributed by atoms with van der Waals surface area (Å²) in [6, 6.07) is 6.08. The summed E-state index contributed by atoms with van der Waals surface area (Å²) in [6.45, 7) is 8.26. The molecule has 0 aliphatic rings. The highest BCUT2D eigenvalue weighted by Crippen LogP contribution is 2.20. The SMILES string of the molecule is Cc1ccc(C(O)Cn2nc(C)nc2C)c(C)c1. The van der Waals surface area contributed by atoms with E-state index in [-0.39, 0.29) is 0 Å². The van der Waals surface area contributed by atoms with Crippen LogP contribution >= 0.6 is 0 Å². The molecule has 18 heavy (non-hydrogen) atoms. The molecule has 0 saturated carbocycles. The van der Waals surface area contributed by atoms with Crippen molar-refractivity contribution in [3.63, 3.8) is 0 Å². The lowest BCUT2D eigenvalue weighted by molar-refractivity contribution is 0.149. The Balaban J connectivity index is 2.21. The second kappa shape index (κ2) is 4.90. The molecular formula is C14H19N3O. The molecule has 1 aromatic carbocycles. The van der Waals surface area contributed by atoms with Crippen LogP contribution in [0.2, 0.25) is 0 Å². The first-order valence-electron chi connectivity index (χ1n) is 6.10. The van der Waals surface area contributed by atoms with E-state index in [1.54, 1.807) is 4.68 Å². The molecule has 4 heteroatoms. The van der Waals surface area contributed by atoms with Crippen molar-refractivity contribution in [2.24, 2.45) is 0 Å². The van der Waals surface area contributed by atoms with E-state index in [0.717, 1.165) is 22.8 Å². The van der Waals surface area contributed by atoms with Gasteiger partial charge in [0.1, 0.15) is 11.6 Å². The maximum atomic E-state index is 10.3. The van der Waals surface area contributed by atoms with Crippen molar-refractivity contribution in [3.8, 4) is 0 Å². The number of aryl methyl sites for hydroxylation is 4. The van der Waals surface area contributed by atoms with Gasteiger partial charge in [-0.3, -0.25) is 0 Å². The first-order chi connectivity index (χ1) is 8.47. The van der Waals surface area contributed by atoms with Gasteiger partial charge in [-0.05, 0) is 38.8 Å². The fourth-order valence-corrected chi connectivity index (χ4v) is 2.20. The topological polar surface area (TPSA) is 50.9 Å². The van der Waals surface area contributed by atoms with Crippen LogP contribution < -0.4 is 0 Å². The lowest BCUT2D eigenvalue weighted by atomic mass is 10.0. The summed E-state index contributed by atoms with van der Waals surface area (Å²) in [6.07, 6.45) is -0.551. The number of aliphatic hydroxyl groups is 1. The van der Waals surface area contributed by atoms with Gasteiger partial charge in [0.05, 0.1) is 12.6 Å². The van der Waals surface area contributed by atoms with Gasteiger partial charge in [0.15, 0.2) is 0 Å². The molecule has 2 aromatic rings. The minimum atomic E-state index is -0.551. The van der Waals surface area contributed by atoms with Gasteiger partial charge in [0.2, 0.25) is 0 Å². The predicted octanol–water partition coefficient (Wildman–Crippen LogP) is 2.25. The molecule has 1 N–H and O–H groups in total. The lowest BCUT2D eigenvalue weighted by Gasteiger charge is -2.14. The minimum absolute atomic E-state index is 0.441. The van der Waals surface area contributed by atoms with Crippen LogP contribution in [0.3, 0.4) is 0 Å². The molecule has 1 atom stereocenters. The van der Waals surface area contributed by atoms with E-state index in [1.807, 2.05) is 39.8 Å². The number of aliphatic hydroxyl groups excluding tert-OH is 1. The number of nitrogens with zero attached hydrogens (tertiary/aromatic N) is 3. The van der Waals surface area contributed by atoms with E-state index in [1.165, 1.54) is 5.56 Å². The van der Waals surface area contributed by atoms with Gasteiger partial charge in [-0.15, -0.1) is 0 Å². The number of benzene rings is 1. The van der Waals surface area contributed by atoms with Gasteiger partial charge in [-0.25, -0.2) is 9.67 Å². The van der Waals surface area contributed by atoms with E-state index in [9.17, 15) is 5.11 Å². The van der Waals surface area contributed by atoms with Crippen LogP contribution in [0.4, 0.5) is 0 Å². The fourth-order valence-electron chi connectivity index (χ4n) is 2.20. The molecule has 0 aliphatic heterocycles. The average molecular weight is 245 g/mol. The third-order valence-corrected chi connectivity index (χ3v) is 3.09. The zero-order chi connectivity index (χ0) is 13.3. The van der Waals surface area contributed by atoms with E-state index >= 15 is 0 Å². The Morgan fingerprint density at radius 3 is 2.50 bits per heavy atom. The van der Waals surface area contributed by atoms with Crippen molar-refractivity contribution in [1.82, 2.24) is 14.8 Å².